The molecule has 0 aromatic heterocycles. The first-order valence-electron chi connectivity index (χ1n) is 5.29. The van der Waals surface area contributed by atoms with Crippen LogP contribution in [0, 0.1) is 15.9 Å². The molecule has 94 valence electrons. The lowest BCUT2D eigenvalue weighted by Crippen LogP contribution is -2.32. The highest BCUT2D eigenvalue weighted by atomic mass is 19.1. The van der Waals surface area contributed by atoms with Crippen LogP contribution in [-0.4, -0.2) is 28.2 Å². The van der Waals surface area contributed by atoms with Gasteiger partial charge >= 0.3 is 0 Å². The van der Waals surface area contributed by atoms with Crippen molar-refractivity contribution >= 4 is 17.5 Å². The van der Waals surface area contributed by atoms with E-state index in [9.17, 15) is 24.1 Å². The topological polar surface area (TPSA) is 80.5 Å². The summed E-state index contributed by atoms with van der Waals surface area (Å²) in [5, 5.41) is 10.6. The summed E-state index contributed by atoms with van der Waals surface area (Å²) in [5.41, 5.74) is -0.828. The largest absolute Gasteiger partial charge is 0.278 e. The quantitative estimate of drug-likeness (QED) is 0.453. The van der Waals surface area contributed by atoms with Gasteiger partial charge in [-0.3, -0.25) is 24.6 Å². The second-order valence-electron chi connectivity index (χ2n) is 3.88. The summed E-state index contributed by atoms with van der Waals surface area (Å²) >= 11 is 0. The predicted molar refractivity (Wildman–Crippen MR) is 58.3 cm³/mol. The molecule has 6 nitrogen and oxygen atoms in total. The zero-order chi connectivity index (χ0) is 13.3. The number of benzene rings is 1. The molecule has 0 saturated carbocycles. The average molecular weight is 252 g/mol. The van der Waals surface area contributed by atoms with Crippen LogP contribution in [0.3, 0.4) is 0 Å². The molecule has 18 heavy (non-hydrogen) atoms. The molecule has 7 heteroatoms. The summed E-state index contributed by atoms with van der Waals surface area (Å²) in [6.45, 7) is 0.222. The van der Waals surface area contributed by atoms with Crippen LogP contribution in [0.25, 0.3) is 0 Å². The third-order valence-corrected chi connectivity index (χ3v) is 2.71. The lowest BCUT2D eigenvalue weighted by Gasteiger charge is -2.13. The van der Waals surface area contributed by atoms with E-state index in [-0.39, 0.29) is 24.6 Å². The van der Waals surface area contributed by atoms with Crippen LogP contribution in [0.15, 0.2) is 18.2 Å². The molecule has 0 atom stereocenters. The SMILES string of the molecule is O=C1CCCN1C(=O)c1cc([N+](=O)[O-])ccc1F. The third-order valence-electron chi connectivity index (χ3n) is 2.71. The van der Waals surface area contributed by atoms with E-state index in [4.69, 9.17) is 0 Å². The van der Waals surface area contributed by atoms with Crippen molar-refractivity contribution in [3.63, 3.8) is 0 Å². The predicted octanol–water partition coefficient (Wildman–Crippen LogP) is 1.50. The van der Waals surface area contributed by atoms with Gasteiger partial charge in [0.25, 0.3) is 11.6 Å². The first kappa shape index (κ1) is 12.2. The fourth-order valence-electron chi connectivity index (χ4n) is 1.80. The number of amides is 2. The molecule has 0 bridgehead atoms. The number of likely N-dealkylation sites (tertiary alicyclic amines) is 1. The molecule has 2 rings (SSSR count). The van der Waals surface area contributed by atoms with Crippen molar-refractivity contribution in [1.82, 2.24) is 4.90 Å². The molecule has 0 aliphatic carbocycles. The van der Waals surface area contributed by atoms with Crippen molar-refractivity contribution in [1.29, 1.82) is 0 Å². The Hall–Kier alpha value is -2.31. The number of nitro benzene ring substituents is 1. The highest BCUT2D eigenvalue weighted by Crippen LogP contribution is 2.21. The number of nitro groups is 1. The van der Waals surface area contributed by atoms with Crippen LogP contribution < -0.4 is 0 Å². The zero-order valence-electron chi connectivity index (χ0n) is 9.26. The highest BCUT2D eigenvalue weighted by molar-refractivity contribution is 6.06. The Bertz CT molecular complexity index is 544. The molecule has 0 spiro atoms. The second-order valence-corrected chi connectivity index (χ2v) is 3.88. The molecule has 1 aromatic carbocycles. The fourth-order valence-corrected chi connectivity index (χ4v) is 1.80. The van der Waals surface area contributed by atoms with E-state index in [0.717, 1.165) is 23.1 Å². The maximum absolute atomic E-state index is 13.5. The van der Waals surface area contributed by atoms with E-state index < -0.39 is 22.2 Å². The molecule has 0 N–H and O–H groups in total. The number of non-ortho nitro benzene ring substituents is 1. The standard InChI is InChI=1S/C11H9FN2O4/c12-9-4-3-7(14(17)18)6-8(9)11(16)13-5-1-2-10(13)15/h3-4,6H,1-2,5H2. The summed E-state index contributed by atoms with van der Waals surface area (Å²) in [7, 11) is 0. The molecule has 1 fully saturated rings. The molecule has 1 aliphatic heterocycles. The van der Waals surface area contributed by atoms with E-state index in [1.54, 1.807) is 0 Å². The molecule has 1 heterocycles. The lowest BCUT2D eigenvalue weighted by atomic mass is 10.1. The number of rotatable bonds is 2. The minimum absolute atomic E-state index is 0.222. The van der Waals surface area contributed by atoms with E-state index in [1.165, 1.54) is 0 Å². The van der Waals surface area contributed by atoms with Gasteiger partial charge in [0, 0.05) is 25.1 Å². The van der Waals surface area contributed by atoms with Crippen molar-refractivity contribution in [3.05, 3.63) is 39.7 Å². The van der Waals surface area contributed by atoms with Crippen LogP contribution >= 0.6 is 0 Å². The van der Waals surface area contributed by atoms with Gasteiger partial charge in [-0.1, -0.05) is 0 Å². The molecule has 1 saturated heterocycles. The minimum Gasteiger partial charge on any atom is -0.278 e. The Kier molecular flexibility index (Phi) is 3.05. The number of halogens is 1. The number of hydrogen-bond donors (Lipinski definition) is 0. The molecule has 2 amide bonds. The normalized spacial score (nSPS) is 14.9. The van der Waals surface area contributed by atoms with Crippen molar-refractivity contribution in [2.45, 2.75) is 12.8 Å². The van der Waals surface area contributed by atoms with Gasteiger partial charge in [-0.25, -0.2) is 4.39 Å². The lowest BCUT2D eigenvalue weighted by molar-refractivity contribution is -0.384. The maximum Gasteiger partial charge on any atom is 0.270 e. The highest BCUT2D eigenvalue weighted by Gasteiger charge is 2.29. The number of nitrogens with zero attached hydrogens (tertiary/aromatic N) is 2. The summed E-state index contributed by atoms with van der Waals surface area (Å²) in [6.07, 6.45) is 0.767. The molecule has 0 radical (unpaired) electrons. The van der Waals surface area contributed by atoms with Gasteiger partial charge in [0.05, 0.1) is 10.5 Å². The van der Waals surface area contributed by atoms with Crippen molar-refractivity contribution in [2.24, 2.45) is 0 Å². The van der Waals surface area contributed by atoms with Gasteiger partial charge in [-0.15, -0.1) is 0 Å². The minimum atomic E-state index is -0.870. The summed E-state index contributed by atoms with van der Waals surface area (Å²) in [6, 6.07) is 2.67. The monoisotopic (exact) mass is 252 g/mol. The third kappa shape index (κ3) is 2.06. The first-order valence-corrected chi connectivity index (χ1v) is 5.29. The number of carbonyl (C=O) groups is 2. The Morgan fingerprint density at radius 2 is 2.17 bits per heavy atom. The van der Waals surface area contributed by atoms with Crippen LogP contribution in [-0.2, 0) is 4.79 Å². The second kappa shape index (κ2) is 4.52. The summed E-state index contributed by atoms with van der Waals surface area (Å²) < 4.78 is 13.5. The molecule has 1 aliphatic rings. The summed E-state index contributed by atoms with van der Waals surface area (Å²) in [5.74, 6) is -2.07. The molecule has 0 unspecified atom stereocenters. The van der Waals surface area contributed by atoms with E-state index >= 15 is 0 Å². The maximum atomic E-state index is 13.5. The van der Waals surface area contributed by atoms with Gasteiger partial charge in [0.1, 0.15) is 5.82 Å². The smallest absolute Gasteiger partial charge is 0.270 e. The van der Waals surface area contributed by atoms with Gasteiger partial charge in [0.2, 0.25) is 5.91 Å². The van der Waals surface area contributed by atoms with Gasteiger partial charge in [0.15, 0.2) is 0 Å². The summed E-state index contributed by atoms with van der Waals surface area (Å²) in [4.78, 5) is 34.0. The van der Waals surface area contributed by atoms with Crippen LogP contribution in [0.1, 0.15) is 23.2 Å². The Morgan fingerprint density at radius 1 is 1.44 bits per heavy atom. The van der Waals surface area contributed by atoms with Crippen LogP contribution in [0.5, 0.6) is 0 Å². The van der Waals surface area contributed by atoms with Crippen LogP contribution in [0.4, 0.5) is 10.1 Å². The zero-order valence-corrected chi connectivity index (χ0v) is 9.26. The number of hydrogen-bond acceptors (Lipinski definition) is 4. The van der Waals surface area contributed by atoms with Crippen molar-refractivity contribution in [2.75, 3.05) is 6.54 Å². The Morgan fingerprint density at radius 3 is 2.72 bits per heavy atom. The van der Waals surface area contributed by atoms with E-state index in [1.807, 2.05) is 0 Å². The Balaban J connectivity index is 2.37. The van der Waals surface area contributed by atoms with Crippen molar-refractivity contribution in [3.8, 4) is 0 Å². The van der Waals surface area contributed by atoms with E-state index in [2.05, 4.69) is 0 Å². The van der Waals surface area contributed by atoms with Gasteiger partial charge in [-0.2, -0.15) is 0 Å². The molecule has 1 aromatic rings. The first-order chi connectivity index (χ1) is 8.50. The number of imide groups is 1. The molecular weight excluding hydrogens is 243 g/mol. The molecular formula is C11H9FN2O4. The van der Waals surface area contributed by atoms with Crippen LogP contribution in [0.2, 0.25) is 0 Å². The van der Waals surface area contributed by atoms with Gasteiger partial charge in [-0.05, 0) is 12.5 Å². The van der Waals surface area contributed by atoms with Gasteiger partial charge < -0.3 is 0 Å². The van der Waals surface area contributed by atoms with E-state index in [0.29, 0.717) is 6.42 Å². The Labute approximate surface area is 101 Å². The number of carbonyl (C=O) groups excluding carboxylic acids is 2. The fraction of sp³-hybridized carbons (Fsp3) is 0.273. The average Bonchev–Trinajstić information content (AvgIpc) is 2.75. The van der Waals surface area contributed by atoms with Crippen molar-refractivity contribution < 1.29 is 18.9 Å².